The highest BCUT2D eigenvalue weighted by atomic mass is 16.5. The van der Waals surface area contributed by atoms with E-state index in [9.17, 15) is 0 Å². The molecule has 1 aromatic rings. The van der Waals surface area contributed by atoms with E-state index in [1.807, 2.05) is 0 Å². The average Bonchev–Trinajstić information content (AvgIpc) is 2.44. The third-order valence-electron chi connectivity index (χ3n) is 5.17. The lowest BCUT2D eigenvalue weighted by Crippen LogP contribution is -2.34. The van der Waals surface area contributed by atoms with Gasteiger partial charge in [-0.05, 0) is 52.5 Å². The number of benzene rings is 1. The molecule has 1 aliphatic carbocycles. The van der Waals surface area contributed by atoms with Gasteiger partial charge in [-0.3, -0.25) is 0 Å². The Bertz CT molecular complexity index is 659. The lowest BCUT2D eigenvalue weighted by Gasteiger charge is -2.42. The molecule has 2 aliphatic rings. The van der Waals surface area contributed by atoms with Crippen molar-refractivity contribution in [2.45, 2.75) is 57.8 Å². The van der Waals surface area contributed by atoms with Crippen LogP contribution in [0, 0.1) is 11.3 Å². The Morgan fingerprint density at radius 2 is 1.71 bits per heavy atom. The standard InChI is InChI=1S/C19H23NO/c1-18(2)7-8-19(3,4)16-12-17-14(11-15(16)18)13(5-9-20)6-10-21-17/h5,11-12H,6-8,10H2,1-4H3/b13-5-. The van der Waals surface area contributed by atoms with E-state index < -0.39 is 0 Å². The molecule has 21 heavy (non-hydrogen) atoms. The summed E-state index contributed by atoms with van der Waals surface area (Å²) in [6.07, 6.45) is 4.90. The fraction of sp³-hybridized carbons (Fsp3) is 0.526. The van der Waals surface area contributed by atoms with Crippen LogP contribution in [0.1, 0.15) is 63.6 Å². The van der Waals surface area contributed by atoms with Gasteiger partial charge in [0.15, 0.2) is 0 Å². The molecule has 110 valence electrons. The fourth-order valence-electron chi connectivity index (χ4n) is 3.60. The molecule has 3 rings (SSSR count). The van der Waals surface area contributed by atoms with Crippen molar-refractivity contribution >= 4 is 5.57 Å². The van der Waals surface area contributed by atoms with Crippen molar-refractivity contribution in [3.05, 3.63) is 34.9 Å². The zero-order valence-corrected chi connectivity index (χ0v) is 13.4. The molecule has 0 aromatic heterocycles. The van der Waals surface area contributed by atoms with Crippen molar-refractivity contribution in [1.29, 1.82) is 5.26 Å². The van der Waals surface area contributed by atoms with Gasteiger partial charge in [0.05, 0.1) is 12.7 Å². The Morgan fingerprint density at radius 3 is 2.33 bits per heavy atom. The highest BCUT2D eigenvalue weighted by molar-refractivity contribution is 5.75. The van der Waals surface area contributed by atoms with Crippen LogP contribution in [0.5, 0.6) is 5.75 Å². The van der Waals surface area contributed by atoms with Crippen molar-refractivity contribution in [2.24, 2.45) is 0 Å². The summed E-state index contributed by atoms with van der Waals surface area (Å²) in [4.78, 5) is 0. The van der Waals surface area contributed by atoms with Crippen LogP contribution in [0.3, 0.4) is 0 Å². The first-order chi connectivity index (χ1) is 9.85. The van der Waals surface area contributed by atoms with Crippen molar-refractivity contribution < 1.29 is 4.74 Å². The third-order valence-corrected chi connectivity index (χ3v) is 5.17. The number of ether oxygens (including phenoxy) is 1. The summed E-state index contributed by atoms with van der Waals surface area (Å²) >= 11 is 0. The van der Waals surface area contributed by atoms with Gasteiger partial charge in [0.1, 0.15) is 5.75 Å². The van der Waals surface area contributed by atoms with E-state index in [1.165, 1.54) is 24.0 Å². The van der Waals surface area contributed by atoms with Gasteiger partial charge in [-0.25, -0.2) is 0 Å². The molecule has 1 aromatic carbocycles. The summed E-state index contributed by atoms with van der Waals surface area (Å²) < 4.78 is 5.88. The Morgan fingerprint density at radius 1 is 1.10 bits per heavy atom. The molecule has 0 spiro atoms. The zero-order valence-electron chi connectivity index (χ0n) is 13.4. The molecule has 0 radical (unpaired) electrons. The first kappa shape index (κ1) is 14.2. The fourth-order valence-corrected chi connectivity index (χ4v) is 3.60. The van der Waals surface area contributed by atoms with E-state index in [0.29, 0.717) is 6.61 Å². The van der Waals surface area contributed by atoms with Crippen molar-refractivity contribution in [3.63, 3.8) is 0 Å². The van der Waals surface area contributed by atoms with Crippen LogP contribution in [0.2, 0.25) is 0 Å². The summed E-state index contributed by atoms with van der Waals surface area (Å²) in [6.45, 7) is 9.96. The number of nitrogens with zero attached hydrogens (tertiary/aromatic N) is 1. The number of allylic oxidation sites excluding steroid dienone is 1. The molecule has 0 atom stereocenters. The van der Waals surface area contributed by atoms with E-state index in [2.05, 4.69) is 45.9 Å². The summed E-state index contributed by atoms with van der Waals surface area (Å²) in [5.41, 5.74) is 5.45. The van der Waals surface area contributed by atoms with Crippen molar-refractivity contribution in [1.82, 2.24) is 0 Å². The van der Waals surface area contributed by atoms with Gasteiger partial charge in [0.25, 0.3) is 0 Å². The second-order valence-electron chi connectivity index (χ2n) is 7.56. The summed E-state index contributed by atoms with van der Waals surface area (Å²) in [7, 11) is 0. The molecule has 0 saturated carbocycles. The van der Waals surface area contributed by atoms with Crippen LogP contribution in [0.25, 0.3) is 5.57 Å². The number of rotatable bonds is 0. The van der Waals surface area contributed by atoms with E-state index in [0.717, 1.165) is 23.3 Å². The number of fused-ring (bicyclic) bond motifs is 2. The van der Waals surface area contributed by atoms with E-state index in [1.54, 1.807) is 6.08 Å². The Hall–Kier alpha value is -1.75. The van der Waals surface area contributed by atoms with E-state index in [4.69, 9.17) is 10.00 Å². The minimum atomic E-state index is 0.190. The van der Waals surface area contributed by atoms with Gasteiger partial charge < -0.3 is 4.74 Å². The molecular formula is C19H23NO. The molecule has 2 heteroatoms. The molecule has 1 heterocycles. The Kier molecular flexibility index (Phi) is 3.13. The predicted molar refractivity (Wildman–Crippen MR) is 85.4 cm³/mol. The van der Waals surface area contributed by atoms with Crippen LogP contribution in [-0.2, 0) is 10.8 Å². The van der Waals surface area contributed by atoms with Crippen LogP contribution in [0.4, 0.5) is 0 Å². The largest absolute Gasteiger partial charge is 0.493 e. The maximum Gasteiger partial charge on any atom is 0.127 e. The predicted octanol–water partition coefficient (Wildman–Crippen LogP) is 4.73. The average molecular weight is 281 g/mol. The van der Waals surface area contributed by atoms with Gasteiger partial charge >= 0.3 is 0 Å². The van der Waals surface area contributed by atoms with E-state index in [-0.39, 0.29) is 10.8 Å². The first-order valence-electron chi connectivity index (χ1n) is 7.76. The van der Waals surface area contributed by atoms with Crippen LogP contribution >= 0.6 is 0 Å². The quantitative estimate of drug-likeness (QED) is 0.644. The highest BCUT2D eigenvalue weighted by Gasteiger charge is 2.38. The third kappa shape index (κ3) is 2.25. The lowest BCUT2D eigenvalue weighted by atomic mass is 9.62. The smallest absolute Gasteiger partial charge is 0.127 e. The molecule has 0 saturated heterocycles. The molecule has 0 unspecified atom stereocenters. The van der Waals surface area contributed by atoms with Gasteiger partial charge in [0.2, 0.25) is 0 Å². The van der Waals surface area contributed by atoms with Crippen LogP contribution < -0.4 is 4.74 Å². The first-order valence-corrected chi connectivity index (χ1v) is 7.76. The lowest BCUT2D eigenvalue weighted by molar-refractivity contribution is 0.305. The van der Waals surface area contributed by atoms with Gasteiger partial charge in [-0.15, -0.1) is 0 Å². The zero-order chi connectivity index (χ0) is 15.3. The Balaban J connectivity index is 2.25. The SMILES string of the molecule is CC1(C)CCC(C)(C)c2cc3c(cc21)OCC/C3=C/C#N. The maximum absolute atomic E-state index is 9.00. The van der Waals surface area contributed by atoms with Crippen molar-refractivity contribution in [2.75, 3.05) is 6.61 Å². The number of hydrogen-bond acceptors (Lipinski definition) is 2. The molecule has 0 amide bonds. The molecule has 1 aliphatic heterocycles. The normalized spacial score (nSPS) is 23.7. The molecule has 2 nitrogen and oxygen atoms in total. The topological polar surface area (TPSA) is 33.0 Å². The second-order valence-corrected chi connectivity index (χ2v) is 7.56. The van der Waals surface area contributed by atoms with E-state index >= 15 is 0 Å². The summed E-state index contributed by atoms with van der Waals surface area (Å²) in [5, 5.41) is 9.00. The molecule has 0 bridgehead atoms. The van der Waals surface area contributed by atoms with Gasteiger partial charge in [-0.1, -0.05) is 27.7 Å². The second kappa shape index (κ2) is 4.63. The molecular weight excluding hydrogens is 258 g/mol. The monoisotopic (exact) mass is 281 g/mol. The molecule has 0 N–H and O–H groups in total. The Labute approximate surface area is 127 Å². The highest BCUT2D eigenvalue weighted by Crippen LogP contribution is 2.49. The maximum atomic E-state index is 9.00. The number of nitriles is 1. The minimum Gasteiger partial charge on any atom is -0.493 e. The minimum absolute atomic E-state index is 0.190. The van der Waals surface area contributed by atoms with Gasteiger partial charge in [0, 0.05) is 18.1 Å². The van der Waals surface area contributed by atoms with Crippen LogP contribution in [-0.4, -0.2) is 6.61 Å². The number of hydrogen-bond donors (Lipinski definition) is 0. The summed E-state index contributed by atoms with van der Waals surface area (Å²) in [6, 6.07) is 6.70. The van der Waals surface area contributed by atoms with Gasteiger partial charge in [-0.2, -0.15) is 5.26 Å². The van der Waals surface area contributed by atoms with Crippen LogP contribution in [0.15, 0.2) is 18.2 Å². The molecule has 0 fully saturated rings. The van der Waals surface area contributed by atoms with Crippen molar-refractivity contribution in [3.8, 4) is 11.8 Å². The summed E-state index contributed by atoms with van der Waals surface area (Å²) in [5.74, 6) is 0.951.